The van der Waals surface area contributed by atoms with Crippen molar-refractivity contribution in [2.75, 3.05) is 13.1 Å². The van der Waals surface area contributed by atoms with E-state index in [1.54, 1.807) is 0 Å². The van der Waals surface area contributed by atoms with Crippen molar-refractivity contribution in [3.05, 3.63) is 0 Å². The Morgan fingerprint density at radius 2 is 1.79 bits per heavy atom. The first-order valence-corrected chi connectivity index (χ1v) is 7.30. The molecule has 0 saturated heterocycles. The van der Waals surface area contributed by atoms with E-state index in [1.165, 1.54) is 32.1 Å². The Hall–Kier alpha value is -1.26. The highest BCUT2D eigenvalue weighted by Crippen LogP contribution is 2.63. The second-order valence-electron chi connectivity index (χ2n) is 6.72. The summed E-state index contributed by atoms with van der Waals surface area (Å²) in [7, 11) is 0. The number of amides is 2. The lowest BCUT2D eigenvalue weighted by Crippen LogP contribution is -2.44. The van der Waals surface area contributed by atoms with Crippen molar-refractivity contribution in [3.8, 4) is 0 Å². The van der Waals surface area contributed by atoms with Crippen LogP contribution in [0.4, 0.5) is 4.79 Å². The molecule has 0 aliphatic heterocycles. The molecule has 4 aliphatic carbocycles. The molecule has 0 radical (unpaired) electrons. The SMILES string of the molecule is O=C(O)CCNC(=O)NCC12CC3CC(C1)C(C3)C2. The van der Waals surface area contributed by atoms with Gasteiger partial charge in [-0.3, -0.25) is 4.79 Å². The van der Waals surface area contributed by atoms with Crippen LogP contribution in [0, 0.1) is 23.2 Å². The van der Waals surface area contributed by atoms with E-state index in [0.29, 0.717) is 5.41 Å². The van der Waals surface area contributed by atoms with Crippen molar-refractivity contribution in [3.63, 3.8) is 0 Å². The molecule has 4 fully saturated rings. The Morgan fingerprint density at radius 3 is 2.37 bits per heavy atom. The van der Waals surface area contributed by atoms with Crippen LogP contribution in [-0.2, 0) is 4.79 Å². The number of carbonyl (C=O) groups is 2. The zero-order valence-electron chi connectivity index (χ0n) is 11.2. The number of hydrogen-bond donors (Lipinski definition) is 3. The van der Waals surface area contributed by atoms with Crippen LogP contribution in [-0.4, -0.2) is 30.2 Å². The first-order chi connectivity index (χ1) is 9.06. The summed E-state index contributed by atoms with van der Waals surface area (Å²) < 4.78 is 0. The third kappa shape index (κ3) is 2.55. The molecule has 4 aliphatic rings. The third-order valence-electron chi connectivity index (χ3n) is 5.30. The molecule has 0 aromatic rings. The molecule has 0 aromatic heterocycles. The average Bonchev–Trinajstić information content (AvgIpc) is 2.74. The van der Waals surface area contributed by atoms with Crippen LogP contribution in [0.25, 0.3) is 0 Å². The highest BCUT2D eigenvalue weighted by molar-refractivity contribution is 5.75. The van der Waals surface area contributed by atoms with Crippen LogP contribution in [0.5, 0.6) is 0 Å². The van der Waals surface area contributed by atoms with Gasteiger partial charge in [-0.1, -0.05) is 0 Å². The van der Waals surface area contributed by atoms with E-state index in [1.807, 2.05) is 0 Å². The van der Waals surface area contributed by atoms with Gasteiger partial charge in [-0.2, -0.15) is 0 Å². The molecular weight excluding hydrogens is 244 g/mol. The predicted octanol–water partition coefficient (Wildman–Crippen LogP) is 1.59. The number of nitrogens with one attached hydrogen (secondary N) is 2. The van der Waals surface area contributed by atoms with E-state index in [2.05, 4.69) is 10.6 Å². The highest BCUT2D eigenvalue weighted by atomic mass is 16.4. The third-order valence-corrected chi connectivity index (χ3v) is 5.30. The molecule has 4 bridgehead atoms. The minimum absolute atomic E-state index is 0.0230. The summed E-state index contributed by atoms with van der Waals surface area (Å²) in [6.45, 7) is 0.956. The molecule has 4 saturated carbocycles. The molecule has 2 amide bonds. The van der Waals surface area contributed by atoms with E-state index < -0.39 is 5.97 Å². The fraction of sp³-hybridized carbons (Fsp3) is 0.857. The summed E-state index contributed by atoms with van der Waals surface area (Å²) in [4.78, 5) is 22.0. The van der Waals surface area contributed by atoms with E-state index in [4.69, 9.17) is 5.11 Å². The van der Waals surface area contributed by atoms with Gasteiger partial charge in [0, 0.05) is 13.1 Å². The van der Waals surface area contributed by atoms with E-state index in [0.717, 1.165) is 24.3 Å². The normalized spacial score (nSPS) is 38.4. The zero-order chi connectivity index (χ0) is 13.5. The fourth-order valence-corrected chi connectivity index (χ4v) is 4.81. The van der Waals surface area contributed by atoms with Gasteiger partial charge in [0.05, 0.1) is 6.42 Å². The maximum absolute atomic E-state index is 11.6. The van der Waals surface area contributed by atoms with Crippen LogP contribution < -0.4 is 10.6 Å². The van der Waals surface area contributed by atoms with E-state index in [-0.39, 0.29) is 19.0 Å². The topological polar surface area (TPSA) is 78.4 Å². The monoisotopic (exact) mass is 266 g/mol. The standard InChI is InChI=1S/C14H22N2O3/c17-12(18)1-2-15-13(19)16-8-14-5-9-3-10(6-14)11(4-9)7-14/h9-11H,1-8H2,(H,17,18)(H2,15,16,19). The van der Waals surface area contributed by atoms with Crippen LogP contribution >= 0.6 is 0 Å². The lowest BCUT2D eigenvalue weighted by Gasteiger charge is -2.38. The summed E-state index contributed by atoms with van der Waals surface area (Å²) in [5.74, 6) is 1.84. The number of hydrogen-bond acceptors (Lipinski definition) is 2. The van der Waals surface area contributed by atoms with Gasteiger partial charge in [0.15, 0.2) is 0 Å². The largest absolute Gasteiger partial charge is 0.481 e. The van der Waals surface area contributed by atoms with Crippen molar-refractivity contribution in [2.24, 2.45) is 23.2 Å². The minimum Gasteiger partial charge on any atom is -0.481 e. The maximum atomic E-state index is 11.6. The zero-order valence-corrected chi connectivity index (χ0v) is 11.2. The summed E-state index contributed by atoms with van der Waals surface area (Å²) >= 11 is 0. The Labute approximate surface area is 113 Å². The molecular formula is C14H22N2O3. The van der Waals surface area contributed by atoms with E-state index in [9.17, 15) is 9.59 Å². The summed E-state index contributed by atoms with van der Waals surface area (Å²) in [6.07, 6.45) is 6.64. The van der Waals surface area contributed by atoms with Crippen LogP contribution in [0.3, 0.4) is 0 Å². The molecule has 0 spiro atoms. The van der Waals surface area contributed by atoms with Gasteiger partial charge >= 0.3 is 12.0 Å². The molecule has 2 unspecified atom stereocenters. The lowest BCUT2D eigenvalue weighted by atomic mass is 9.69. The second kappa shape index (κ2) is 4.69. The van der Waals surface area contributed by atoms with Crippen molar-refractivity contribution in [2.45, 2.75) is 38.5 Å². The molecule has 2 atom stereocenters. The highest BCUT2D eigenvalue weighted by Gasteiger charge is 2.55. The first-order valence-electron chi connectivity index (χ1n) is 7.30. The Morgan fingerprint density at radius 1 is 1.11 bits per heavy atom. The van der Waals surface area contributed by atoms with Crippen LogP contribution in [0.2, 0.25) is 0 Å². The quantitative estimate of drug-likeness (QED) is 0.707. The van der Waals surface area contributed by atoms with Crippen LogP contribution in [0.15, 0.2) is 0 Å². The molecule has 3 N–H and O–H groups in total. The molecule has 106 valence electrons. The molecule has 19 heavy (non-hydrogen) atoms. The number of urea groups is 1. The molecule has 4 rings (SSSR count). The molecule has 0 aromatic carbocycles. The van der Waals surface area contributed by atoms with Crippen molar-refractivity contribution >= 4 is 12.0 Å². The first kappa shape index (κ1) is 12.8. The number of carboxylic acid groups (broad SMARTS) is 1. The van der Waals surface area contributed by atoms with Crippen molar-refractivity contribution in [1.29, 1.82) is 0 Å². The van der Waals surface area contributed by atoms with E-state index >= 15 is 0 Å². The van der Waals surface area contributed by atoms with Gasteiger partial charge in [0.2, 0.25) is 0 Å². The van der Waals surface area contributed by atoms with Gasteiger partial charge in [0.25, 0.3) is 0 Å². The number of carbonyl (C=O) groups excluding carboxylic acids is 1. The molecule has 5 heteroatoms. The second-order valence-corrected chi connectivity index (χ2v) is 6.72. The minimum atomic E-state index is -0.884. The number of carboxylic acids is 1. The number of aliphatic carboxylic acids is 1. The smallest absolute Gasteiger partial charge is 0.314 e. The lowest BCUT2D eigenvalue weighted by molar-refractivity contribution is -0.136. The summed E-state index contributed by atoms with van der Waals surface area (Å²) in [5, 5.41) is 14.0. The van der Waals surface area contributed by atoms with Gasteiger partial charge in [-0.15, -0.1) is 0 Å². The molecule has 0 heterocycles. The summed E-state index contributed by atoms with van der Waals surface area (Å²) in [6, 6.07) is -0.224. The summed E-state index contributed by atoms with van der Waals surface area (Å²) in [5.41, 5.74) is 0.348. The maximum Gasteiger partial charge on any atom is 0.314 e. The Kier molecular flexibility index (Phi) is 3.15. The van der Waals surface area contributed by atoms with Gasteiger partial charge in [-0.05, 0) is 55.3 Å². The average molecular weight is 266 g/mol. The number of rotatable bonds is 5. The predicted molar refractivity (Wildman–Crippen MR) is 69.6 cm³/mol. The molecule has 5 nitrogen and oxygen atoms in total. The van der Waals surface area contributed by atoms with Crippen LogP contribution in [0.1, 0.15) is 38.5 Å². The van der Waals surface area contributed by atoms with Gasteiger partial charge < -0.3 is 15.7 Å². The van der Waals surface area contributed by atoms with Gasteiger partial charge in [-0.25, -0.2) is 4.79 Å². The Bertz CT molecular complexity index is 377. The van der Waals surface area contributed by atoms with Gasteiger partial charge in [0.1, 0.15) is 0 Å². The fourth-order valence-electron chi connectivity index (χ4n) is 4.81. The Balaban J connectivity index is 1.43. The van der Waals surface area contributed by atoms with Crippen molar-refractivity contribution < 1.29 is 14.7 Å². The van der Waals surface area contributed by atoms with Crippen molar-refractivity contribution in [1.82, 2.24) is 10.6 Å².